The summed E-state index contributed by atoms with van der Waals surface area (Å²) < 4.78 is 16.5. The van der Waals surface area contributed by atoms with Gasteiger partial charge in [0.1, 0.15) is 17.3 Å². The lowest BCUT2D eigenvalue weighted by atomic mass is 9.68. The Morgan fingerprint density at radius 2 is 1.43 bits per heavy atom. The summed E-state index contributed by atoms with van der Waals surface area (Å²) in [5, 5.41) is 0. The molecule has 3 aromatic rings. The van der Waals surface area contributed by atoms with Crippen LogP contribution in [0.15, 0.2) is 79.6 Å². The summed E-state index contributed by atoms with van der Waals surface area (Å²) >= 11 is 0. The lowest BCUT2D eigenvalue weighted by Crippen LogP contribution is -2.30. The first-order valence-corrected chi connectivity index (χ1v) is 9.93. The molecule has 28 heavy (non-hydrogen) atoms. The highest BCUT2D eigenvalue weighted by Crippen LogP contribution is 2.43. The minimum absolute atomic E-state index is 0.0466. The number of hydrogen-bond acceptors (Lipinski definition) is 4. The van der Waals surface area contributed by atoms with Crippen LogP contribution in [-0.4, -0.2) is 5.78 Å². The molecule has 0 spiro atoms. The molecule has 1 unspecified atom stereocenters. The first-order chi connectivity index (χ1) is 13.6. The van der Waals surface area contributed by atoms with Gasteiger partial charge >= 0.3 is 0 Å². The predicted octanol–water partition coefficient (Wildman–Crippen LogP) is 5.94. The van der Waals surface area contributed by atoms with Gasteiger partial charge < -0.3 is 13.3 Å². The second-order valence-corrected chi connectivity index (χ2v) is 8.08. The Morgan fingerprint density at radius 3 is 2.04 bits per heavy atom. The van der Waals surface area contributed by atoms with Gasteiger partial charge in [-0.3, -0.25) is 4.79 Å². The molecule has 0 aromatic carbocycles. The summed E-state index contributed by atoms with van der Waals surface area (Å²) in [5.74, 6) is 3.04. The third-order valence-corrected chi connectivity index (χ3v) is 5.73. The van der Waals surface area contributed by atoms with E-state index in [0.717, 1.165) is 55.0 Å². The van der Waals surface area contributed by atoms with Crippen molar-refractivity contribution in [3.05, 3.63) is 83.6 Å². The summed E-state index contributed by atoms with van der Waals surface area (Å²) in [6.07, 6.45) is 10.6. The van der Waals surface area contributed by atoms with Crippen molar-refractivity contribution in [2.24, 2.45) is 5.41 Å². The summed E-state index contributed by atoms with van der Waals surface area (Å²) in [6, 6.07) is 11.6. The van der Waals surface area contributed by atoms with Crippen LogP contribution in [-0.2, 0) is 24.1 Å². The Morgan fingerprint density at radius 1 is 0.821 bits per heavy atom. The van der Waals surface area contributed by atoms with Crippen LogP contribution in [0.2, 0.25) is 0 Å². The zero-order valence-corrected chi connectivity index (χ0v) is 16.3. The number of aryl methyl sites for hydroxylation is 2. The minimum atomic E-state index is -0.0466. The van der Waals surface area contributed by atoms with Crippen molar-refractivity contribution < 1.29 is 18.0 Å². The molecule has 0 amide bonds. The molecule has 0 aliphatic heterocycles. The van der Waals surface area contributed by atoms with Gasteiger partial charge in [0.15, 0.2) is 5.78 Å². The van der Waals surface area contributed by atoms with Crippen molar-refractivity contribution in [2.45, 2.75) is 51.9 Å². The van der Waals surface area contributed by atoms with E-state index in [2.05, 4.69) is 6.92 Å². The Kier molecular flexibility index (Phi) is 5.38. The third kappa shape index (κ3) is 4.38. The Bertz CT molecular complexity index is 914. The van der Waals surface area contributed by atoms with Crippen molar-refractivity contribution in [1.29, 1.82) is 0 Å². The van der Waals surface area contributed by atoms with Crippen LogP contribution in [0.1, 0.15) is 49.9 Å². The SMILES string of the molecule is CC1(CCc2ccco2)CC(=O)C(Cc2ccco2)=C(CCc2ccco2)C1. The van der Waals surface area contributed by atoms with Crippen LogP contribution < -0.4 is 0 Å². The molecule has 3 aromatic heterocycles. The maximum absolute atomic E-state index is 13.1. The fourth-order valence-corrected chi connectivity index (χ4v) is 4.21. The second kappa shape index (κ2) is 8.09. The van der Waals surface area contributed by atoms with Crippen LogP contribution in [0.3, 0.4) is 0 Å². The molecule has 0 saturated carbocycles. The zero-order chi connectivity index (χ0) is 19.4. The van der Waals surface area contributed by atoms with Gasteiger partial charge in [-0.2, -0.15) is 0 Å². The number of hydrogen-bond donors (Lipinski definition) is 0. The number of allylic oxidation sites excluding steroid dienone is 2. The van der Waals surface area contributed by atoms with Gasteiger partial charge in [0.25, 0.3) is 0 Å². The monoisotopic (exact) mass is 378 g/mol. The Labute approximate surface area is 165 Å². The first-order valence-electron chi connectivity index (χ1n) is 9.93. The zero-order valence-electron chi connectivity index (χ0n) is 16.3. The minimum Gasteiger partial charge on any atom is -0.469 e. The largest absolute Gasteiger partial charge is 0.469 e. The van der Waals surface area contributed by atoms with E-state index in [4.69, 9.17) is 13.3 Å². The summed E-state index contributed by atoms with van der Waals surface area (Å²) in [7, 11) is 0. The quantitative estimate of drug-likeness (QED) is 0.487. The molecule has 0 saturated heterocycles. The molecule has 0 fully saturated rings. The number of ketones is 1. The number of rotatable bonds is 8. The first kappa shape index (κ1) is 18.6. The number of carbonyl (C=O) groups is 1. The van der Waals surface area contributed by atoms with Crippen molar-refractivity contribution in [1.82, 2.24) is 0 Å². The van der Waals surface area contributed by atoms with E-state index in [1.54, 1.807) is 18.8 Å². The lowest BCUT2D eigenvalue weighted by molar-refractivity contribution is -0.118. The van der Waals surface area contributed by atoms with Crippen LogP contribution in [0.25, 0.3) is 0 Å². The van der Waals surface area contributed by atoms with E-state index < -0.39 is 0 Å². The second-order valence-electron chi connectivity index (χ2n) is 8.08. The van der Waals surface area contributed by atoms with Gasteiger partial charge in [-0.1, -0.05) is 12.5 Å². The van der Waals surface area contributed by atoms with E-state index in [-0.39, 0.29) is 11.2 Å². The molecule has 4 nitrogen and oxygen atoms in total. The molecule has 146 valence electrons. The van der Waals surface area contributed by atoms with Crippen molar-refractivity contribution in [3.63, 3.8) is 0 Å². The van der Waals surface area contributed by atoms with Gasteiger partial charge in [-0.05, 0) is 61.1 Å². The highest BCUT2D eigenvalue weighted by molar-refractivity contribution is 5.97. The van der Waals surface area contributed by atoms with Crippen LogP contribution in [0.4, 0.5) is 0 Å². The van der Waals surface area contributed by atoms with Crippen molar-refractivity contribution in [3.8, 4) is 0 Å². The molecular weight excluding hydrogens is 352 g/mol. The van der Waals surface area contributed by atoms with E-state index in [1.807, 2.05) is 36.4 Å². The standard InChI is InChI=1S/C24H26O4/c1-24(11-10-20-6-3-13-27-20)16-18(8-9-19-5-2-12-26-19)22(23(25)17-24)15-21-7-4-14-28-21/h2-7,12-14H,8-11,15-17H2,1H3. The van der Waals surface area contributed by atoms with Crippen molar-refractivity contribution in [2.75, 3.05) is 0 Å². The molecule has 4 heteroatoms. The van der Waals surface area contributed by atoms with E-state index in [0.29, 0.717) is 12.8 Å². The topological polar surface area (TPSA) is 56.5 Å². The molecule has 1 atom stereocenters. The molecule has 1 aliphatic carbocycles. The van der Waals surface area contributed by atoms with Crippen LogP contribution in [0.5, 0.6) is 0 Å². The molecule has 3 heterocycles. The maximum atomic E-state index is 13.1. The fraction of sp³-hybridized carbons (Fsp3) is 0.375. The summed E-state index contributed by atoms with van der Waals surface area (Å²) in [6.45, 7) is 2.23. The molecule has 0 radical (unpaired) electrons. The molecule has 1 aliphatic rings. The number of carbonyl (C=O) groups excluding carboxylic acids is 1. The molecule has 0 N–H and O–H groups in total. The van der Waals surface area contributed by atoms with Gasteiger partial charge in [0.2, 0.25) is 0 Å². The van der Waals surface area contributed by atoms with E-state index >= 15 is 0 Å². The number of Topliss-reactive ketones (excluding diaryl/α,β-unsaturated/α-hetero) is 1. The third-order valence-electron chi connectivity index (χ3n) is 5.73. The predicted molar refractivity (Wildman–Crippen MR) is 106 cm³/mol. The highest BCUT2D eigenvalue weighted by Gasteiger charge is 2.36. The smallest absolute Gasteiger partial charge is 0.159 e. The Hall–Kier alpha value is -2.75. The van der Waals surface area contributed by atoms with Gasteiger partial charge in [-0.25, -0.2) is 0 Å². The van der Waals surface area contributed by atoms with Gasteiger partial charge in [0.05, 0.1) is 18.8 Å². The molecular formula is C24H26O4. The average Bonchev–Trinajstić information content (AvgIpc) is 3.44. The van der Waals surface area contributed by atoms with Gasteiger partial charge in [0, 0.05) is 31.3 Å². The highest BCUT2D eigenvalue weighted by atomic mass is 16.3. The normalized spacial score (nSPS) is 20.1. The van der Waals surface area contributed by atoms with Crippen LogP contribution in [0, 0.1) is 5.41 Å². The van der Waals surface area contributed by atoms with Gasteiger partial charge in [-0.15, -0.1) is 0 Å². The molecule has 4 rings (SSSR count). The fourth-order valence-electron chi connectivity index (χ4n) is 4.21. The van der Waals surface area contributed by atoms with Crippen molar-refractivity contribution >= 4 is 5.78 Å². The number of furan rings is 3. The van der Waals surface area contributed by atoms with E-state index in [1.165, 1.54) is 5.57 Å². The summed E-state index contributed by atoms with van der Waals surface area (Å²) in [4.78, 5) is 13.1. The maximum Gasteiger partial charge on any atom is 0.159 e. The van der Waals surface area contributed by atoms with E-state index in [9.17, 15) is 4.79 Å². The molecule has 0 bridgehead atoms. The Balaban J connectivity index is 1.54. The van der Waals surface area contributed by atoms with Crippen LogP contribution >= 0.6 is 0 Å². The lowest BCUT2D eigenvalue weighted by Gasteiger charge is -2.35. The summed E-state index contributed by atoms with van der Waals surface area (Å²) in [5.41, 5.74) is 2.12. The average molecular weight is 378 g/mol.